The molecular formula is C20H22ClN5S. The zero-order chi connectivity index (χ0) is 18.8. The molecule has 0 unspecified atom stereocenters. The summed E-state index contributed by atoms with van der Waals surface area (Å²) < 4.78 is 0. The van der Waals surface area contributed by atoms with Crippen molar-refractivity contribution in [3.05, 3.63) is 47.2 Å². The maximum atomic E-state index is 6.08. The van der Waals surface area contributed by atoms with Crippen molar-refractivity contribution in [1.29, 1.82) is 0 Å². The number of halogens is 1. The SMILES string of the molecule is CSc1nccc(-c2c(-c3ccc(Cl)cc3)n[nH]c2C2CCN(C)CC2)n1. The van der Waals surface area contributed by atoms with Crippen LogP contribution in [0.2, 0.25) is 5.02 Å². The number of piperidine rings is 1. The number of hydrogen-bond donors (Lipinski definition) is 1. The second kappa shape index (κ2) is 8.00. The number of H-pyrrole nitrogens is 1. The molecule has 0 saturated carbocycles. The molecule has 0 radical (unpaired) electrons. The molecule has 4 rings (SSSR count). The average Bonchev–Trinajstić information content (AvgIpc) is 3.14. The second-order valence-corrected chi connectivity index (χ2v) is 8.08. The Bertz CT molecular complexity index is 916. The number of nitrogens with zero attached hydrogens (tertiary/aromatic N) is 4. The first-order valence-electron chi connectivity index (χ1n) is 9.06. The van der Waals surface area contributed by atoms with Crippen LogP contribution in [0.5, 0.6) is 0 Å². The van der Waals surface area contributed by atoms with Crippen molar-refractivity contribution in [3.8, 4) is 22.5 Å². The summed E-state index contributed by atoms with van der Waals surface area (Å²) in [6.07, 6.45) is 6.05. The van der Waals surface area contributed by atoms with Crippen LogP contribution in [0.25, 0.3) is 22.5 Å². The average molecular weight is 400 g/mol. The Morgan fingerprint density at radius 1 is 1.15 bits per heavy atom. The van der Waals surface area contributed by atoms with Gasteiger partial charge in [0.15, 0.2) is 5.16 Å². The minimum Gasteiger partial charge on any atom is -0.306 e. The number of thioether (sulfide) groups is 1. The van der Waals surface area contributed by atoms with E-state index in [-0.39, 0.29) is 0 Å². The molecule has 140 valence electrons. The molecular weight excluding hydrogens is 378 g/mol. The van der Waals surface area contributed by atoms with Crippen LogP contribution < -0.4 is 0 Å². The molecule has 1 fully saturated rings. The lowest BCUT2D eigenvalue weighted by Gasteiger charge is -2.28. The van der Waals surface area contributed by atoms with Crippen molar-refractivity contribution in [1.82, 2.24) is 25.1 Å². The summed E-state index contributed by atoms with van der Waals surface area (Å²) in [5.74, 6) is 0.456. The lowest BCUT2D eigenvalue weighted by Crippen LogP contribution is -2.29. The smallest absolute Gasteiger partial charge is 0.187 e. The Labute approximate surface area is 168 Å². The highest BCUT2D eigenvalue weighted by Crippen LogP contribution is 2.39. The Kier molecular flexibility index (Phi) is 5.48. The van der Waals surface area contributed by atoms with Crippen LogP contribution in [0.4, 0.5) is 0 Å². The first-order valence-corrected chi connectivity index (χ1v) is 10.7. The Balaban J connectivity index is 1.83. The molecule has 1 saturated heterocycles. The van der Waals surface area contributed by atoms with Crippen molar-refractivity contribution in [2.24, 2.45) is 0 Å². The molecule has 7 heteroatoms. The molecule has 27 heavy (non-hydrogen) atoms. The predicted molar refractivity (Wildman–Crippen MR) is 111 cm³/mol. The van der Waals surface area contributed by atoms with Crippen molar-refractivity contribution < 1.29 is 0 Å². The Morgan fingerprint density at radius 2 is 1.89 bits per heavy atom. The fraction of sp³-hybridized carbons (Fsp3) is 0.350. The van der Waals surface area contributed by atoms with Gasteiger partial charge in [0.25, 0.3) is 0 Å². The van der Waals surface area contributed by atoms with E-state index in [1.54, 1.807) is 11.8 Å². The number of hydrogen-bond acceptors (Lipinski definition) is 5. The number of likely N-dealkylation sites (tertiary alicyclic amines) is 1. The lowest BCUT2D eigenvalue weighted by molar-refractivity contribution is 0.253. The molecule has 1 N–H and O–H groups in total. The van der Waals surface area contributed by atoms with Gasteiger partial charge in [-0.15, -0.1) is 0 Å². The number of benzene rings is 1. The molecule has 1 aliphatic heterocycles. The van der Waals surface area contributed by atoms with Crippen LogP contribution in [0.3, 0.4) is 0 Å². The predicted octanol–water partition coefficient (Wildman–Crippen LogP) is 4.72. The van der Waals surface area contributed by atoms with E-state index in [4.69, 9.17) is 21.7 Å². The van der Waals surface area contributed by atoms with Crippen LogP contribution in [0, 0.1) is 0 Å². The minimum absolute atomic E-state index is 0.456. The first kappa shape index (κ1) is 18.5. The van der Waals surface area contributed by atoms with Crippen molar-refractivity contribution >= 4 is 23.4 Å². The maximum absolute atomic E-state index is 6.08. The first-order chi connectivity index (χ1) is 13.2. The summed E-state index contributed by atoms with van der Waals surface area (Å²) in [6.45, 7) is 2.19. The van der Waals surface area contributed by atoms with Gasteiger partial charge in [-0.25, -0.2) is 9.97 Å². The molecule has 0 bridgehead atoms. The number of rotatable bonds is 4. The van der Waals surface area contributed by atoms with Gasteiger partial charge in [-0.1, -0.05) is 35.5 Å². The maximum Gasteiger partial charge on any atom is 0.187 e. The van der Waals surface area contributed by atoms with Gasteiger partial charge >= 0.3 is 0 Å². The summed E-state index contributed by atoms with van der Waals surface area (Å²) >= 11 is 7.63. The number of aromatic amines is 1. The molecule has 1 aromatic carbocycles. The van der Waals surface area contributed by atoms with Crippen molar-refractivity contribution in [2.75, 3.05) is 26.4 Å². The van der Waals surface area contributed by atoms with Crippen LogP contribution in [0.15, 0.2) is 41.7 Å². The van der Waals surface area contributed by atoms with E-state index in [0.29, 0.717) is 5.92 Å². The van der Waals surface area contributed by atoms with E-state index >= 15 is 0 Å². The van der Waals surface area contributed by atoms with Crippen LogP contribution in [-0.4, -0.2) is 51.5 Å². The quantitative estimate of drug-likeness (QED) is 0.508. The van der Waals surface area contributed by atoms with Gasteiger partial charge in [0.05, 0.1) is 5.69 Å². The third kappa shape index (κ3) is 3.88. The van der Waals surface area contributed by atoms with E-state index in [1.165, 1.54) is 5.69 Å². The molecule has 2 aromatic heterocycles. The number of aromatic nitrogens is 4. The topological polar surface area (TPSA) is 57.7 Å². The van der Waals surface area contributed by atoms with Crippen LogP contribution in [0.1, 0.15) is 24.5 Å². The summed E-state index contributed by atoms with van der Waals surface area (Å²) in [5.41, 5.74) is 5.14. The third-order valence-electron chi connectivity index (χ3n) is 5.11. The molecule has 3 heterocycles. The fourth-order valence-electron chi connectivity index (χ4n) is 3.60. The summed E-state index contributed by atoms with van der Waals surface area (Å²) in [4.78, 5) is 11.5. The van der Waals surface area contributed by atoms with E-state index in [1.807, 2.05) is 42.8 Å². The Morgan fingerprint density at radius 3 is 2.59 bits per heavy atom. The monoisotopic (exact) mass is 399 g/mol. The van der Waals surface area contributed by atoms with Gasteiger partial charge < -0.3 is 4.90 Å². The van der Waals surface area contributed by atoms with Gasteiger partial charge in [0.2, 0.25) is 0 Å². The summed E-state index contributed by atoms with van der Waals surface area (Å²) in [6, 6.07) is 9.80. The van der Waals surface area contributed by atoms with E-state index in [0.717, 1.165) is 58.6 Å². The van der Waals surface area contributed by atoms with Crippen LogP contribution >= 0.6 is 23.4 Å². The third-order valence-corrected chi connectivity index (χ3v) is 5.92. The number of nitrogens with one attached hydrogen (secondary N) is 1. The standard InChI is InChI=1S/C20H22ClN5S/c1-26-11-8-14(9-12-26)19-17(16-7-10-22-20(23-16)27-2)18(24-25-19)13-3-5-15(21)6-4-13/h3-7,10,14H,8-9,11-12H2,1-2H3,(H,24,25). The highest BCUT2D eigenvalue weighted by molar-refractivity contribution is 7.98. The molecule has 0 atom stereocenters. The molecule has 5 nitrogen and oxygen atoms in total. The molecule has 0 aliphatic carbocycles. The zero-order valence-electron chi connectivity index (χ0n) is 15.4. The molecule has 1 aliphatic rings. The van der Waals surface area contributed by atoms with Gasteiger partial charge in [-0.05, 0) is 57.4 Å². The Hall–Kier alpha value is -1.89. The summed E-state index contributed by atoms with van der Waals surface area (Å²) in [7, 11) is 2.18. The highest BCUT2D eigenvalue weighted by atomic mass is 35.5. The van der Waals surface area contributed by atoms with Gasteiger partial charge in [-0.2, -0.15) is 5.10 Å². The van der Waals surface area contributed by atoms with Gasteiger partial charge in [0.1, 0.15) is 5.69 Å². The van der Waals surface area contributed by atoms with E-state index < -0.39 is 0 Å². The molecule has 0 amide bonds. The lowest BCUT2D eigenvalue weighted by atomic mass is 9.89. The van der Waals surface area contributed by atoms with E-state index in [9.17, 15) is 0 Å². The highest BCUT2D eigenvalue weighted by Gasteiger charge is 2.27. The van der Waals surface area contributed by atoms with Crippen LogP contribution in [-0.2, 0) is 0 Å². The second-order valence-electron chi connectivity index (χ2n) is 6.87. The largest absolute Gasteiger partial charge is 0.306 e. The normalized spacial score (nSPS) is 16.0. The fourth-order valence-corrected chi connectivity index (χ4v) is 4.08. The van der Waals surface area contributed by atoms with E-state index in [2.05, 4.69) is 22.0 Å². The minimum atomic E-state index is 0.456. The zero-order valence-corrected chi connectivity index (χ0v) is 17.0. The molecule has 3 aromatic rings. The van der Waals surface area contributed by atoms with Gasteiger partial charge in [0, 0.05) is 34.0 Å². The van der Waals surface area contributed by atoms with Crippen molar-refractivity contribution in [2.45, 2.75) is 23.9 Å². The molecule has 0 spiro atoms. The van der Waals surface area contributed by atoms with Crippen molar-refractivity contribution in [3.63, 3.8) is 0 Å². The summed E-state index contributed by atoms with van der Waals surface area (Å²) in [5, 5.41) is 9.52. The van der Waals surface area contributed by atoms with Gasteiger partial charge in [-0.3, -0.25) is 5.10 Å².